The average molecular weight is 343 g/mol. The molecule has 0 heterocycles. The van der Waals surface area contributed by atoms with Gasteiger partial charge in [-0.05, 0) is 48.5 Å². The highest BCUT2D eigenvalue weighted by Crippen LogP contribution is 2.15. The van der Waals surface area contributed by atoms with Crippen molar-refractivity contribution in [2.24, 2.45) is 5.73 Å². The standard InChI is InChI=1S/C17H17N3O5/c1-24-14-8-6-12(7-9-14)19-15(21)10-25-16(22)11-2-4-13(5-3-11)20-17(18)23/h2-9H,10H2,1H3,(H,19,21)(H3,18,20,23). The summed E-state index contributed by atoms with van der Waals surface area (Å²) >= 11 is 0. The lowest BCUT2D eigenvalue weighted by atomic mass is 10.2. The van der Waals surface area contributed by atoms with E-state index in [1.165, 1.54) is 24.3 Å². The Morgan fingerprint density at radius 1 is 0.920 bits per heavy atom. The van der Waals surface area contributed by atoms with Gasteiger partial charge < -0.3 is 25.8 Å². The third kappa shape index (κ3) is 5.54. The molecule has 0 atom stereocenters. The summed E-state index contributed by atoms with van der Waals surface area (Å²) in [4.78, 5) is 34.4. The fraction of sp³-hybridized carbons (Fsp3) is 0.118. The largest absolute Gasteiger partial charge is 0.497 e. The highest BCUT2D eigenvalue weighted by molar-refractivity contribution is 5.96. The predicted molar refractivity (Wildman–Crippen MR) is 91.6 cm³/mol. The van der Waals surface area contributed by atoms with E-state index in [1.807, 2.05) is 0 Å². The fourth-order valence-corrected chi connectivity index (χ4v) is 1.92. The topological polar surface area (TPSA) is 120 Å². The number of carbonyl (C=O) groups excluding carboxylic acids is 3. The molecule has 0 aromatic heterocycles. The molecule has 0 radical (unpaired) electrons. The van der Waals surface area contributed by atoms with Gasteiger partial charge in [-0.25, -0.2) is 9.59 Å². The van der Waals surface area contributed by atoms with E-state index >= 15 is 0 Å². The number of nitrogens with two attached hydrogens (primary N) is 1. The summed E-state index contributed by atoms with van der Waals surface area (Å²) in [6.45, 7) is -0.424. The summed E-state index contributed by atoms with van der Waals surface area (Å²) in [5.74, 6) is -0.459. The van der Waals surface area contributed by atoms with Crippen molar-refractivity contribution in [3.05, 3.63) is 54.1 Å². The van der Waals surface area contributed by atoms with Crippen LogP contribution in [-0.2, 0) is 9.53 Å². The second-order valence-corrected chi connectivity index (χ2v) is 4.92. The molecule has 0 spiro atoms. The molecule has 0 unspecified atom stereocenters. The van der Waals surface area contributed by atoms with E-state index in [0.717, 1.165) is 0 Å². The summed E-state index contributed by atoms with van der Waals surface area (Å²) in [5.41, 5.74) is 6.24. The van der Waals surface area contributed by atoms with Crippen molar-refractivity contribution in [1.82, 2.24) is 0 Å². The van der Waals surface area contributed by atoms with Gasteiger partial charge in [-0.2, -0.15) is 0 Å². The first-order valence-corrected chi connectivity index (χ1v) is 7.25. The number of amides is 3. The van der Waals surface area contributed by atoms with Gasteiger partial charge in [-0.3, -0.25) is 4.79 Å². The molecule has 130 valence electrons. The van der Waals surface area contributed by atoms with Crippen molar-refractivity contribution < 1.29 is 23.9 Å². The molecule has 0 bridgehead atoms. The Bertz CT molecular complexity index is 757. The summed E-state index contributed by atoms with van der Waals surface area (Å²) in [7, 11) is 1.55. The molecule has 0 saturated carbocycles. The highest BCUT2D eigenvalue weighted by Gasteiger charge is 2.10. The highest BCUT2D eigenvalue weighted by atomic mass is 16.5. The Balaban J connectivity index is 1.83. The van der Waals surface area contributed by atoms with Crippen LogP contribution in [-0.4, -0.2) is 31.6 Å². The zero-order chi connectivity index (χ0) is 18.2. The third-order valence-electron chi connectivity index (χ3n) is 3.10. The number of hydrogen-bond donors (Lipinski definition) is 3. The number of ether oxygens (including phenoxy) is 2. The van der Waals surface area contributed by atoms with Crippen LogP contribution in [0, 0.1) is 0 Å². The molecule has 0 aliphatic carbocycles. The fourth-order valence-electron chi connectivity index (χ4n) is 1.92. The third-order valence-corrected chi connectivity index (χ3v) is 3.10. The van der Waals surface area contributed by atoms with Gasteiger partial charge in [-0.1, -0.05) is 0 Å². The van der Waals surface area contributed by atoms with Gasteiger partial charge in [0.25, 0.3) is 5.91 Å². The van der Waals surface area contributed by atoms with E-state index in [-0.39, 0.29) is 5.56 Å². The number of nitrogens with one attached hydrogen (secondary N) is 2. The number of benzene rings is 2. The Morgan fingerprint density at radius 2 is 1.48 bits per heavy atom. The molecule has 8 heteroatoms. The SMILES string of the molecule is COc1ccc(NC(=O)COC(=O)c2ccc(NC(N)=O)cc2)cc1. The summed E-state index contributed by atoms with van der Waals surface area (Å²) < 4.78 is 9.96. The zero-order valence-corrected chi connectivity index (χ0v) is 13.4. The summed E-state index contributed by atoms with van der Waals surface area (Å²) in [6.07, 6.45) is 0. The van der Waals surface area contributed by atoms with Crippen LogP contribution in [0.15, 0.2) is 48.5 Å². The Hall–Kier alpha value is -3.55. The number of primary amides is 1. The normalized spacial score (nSPS) is 9.80. The predicted octanol–water partition coefficient (Wildman–Crippen LogP) is 1.98. The van der Waals surface area contributed by atoms with Gasteiger partial charge in [0.15, 0.2) is 6.61 Å². The monoisotopic (exact) mass is 343 g/mol. The average Bonchev–Trinajstić information content (AvgIpc) is 2.60. The van der Waals surface area contributed by atoms with Crippen molar-refractivity contribution in [2.75, 3.05) is 24.4 Å². The lowest BCUT2D eigenvalue weighted by molar-refractivity contribution is -0.119. The summed E-state index contributed by atoms with van der Waals surface area (Å²) in [5, 5.41) is 4.97. The lowest BCUT2D eigenvalue weighted by Gasteiger charge is -2.08. The first kappa shape index (κ1) is 17.8. The number of anilines is 2. The smallest absolute Gasteiger partial charge is 0.338 e. The van der Waals surface area contributed by atoms with Crippen molar-refractivity contribution in [3.63, 3.8) is 0 Å². The van der Waals surface area contributed by atoms with E-state index < -0.39 is 24.5 Å². The minimum absolute atomic E-state index is 0.243. The van der Waals surface area contributed by atoms with E-state index in [1.54, 1.807) is 31.4 Å². The number of methoxy groups -OCH3 is 1. The minimum atomic E-state index is -0.703. The van der Waals surface area contributed by atoms with Crippen LogP contribution in [0.5, 0.6) is 5.75 Å². The first-order chi connectivity index (χ1) is 12.0. The molecular weight excluding hydrogens is 326 g/mol. The first-order valence-electron chi connectivity index (χ1n) is 7.25. The van der Waals surface area contributed by atoms with Gasteiger partial charge >= 0.3 is 12.0 Å². The number of hydrogen-bond acceptors (Lipinski definition) is 5. The molecule has 0 saturated heterocycles. The Labute approximate surface area is 143 Å². The number of esters is 1. The molecular formula is C17H17N3O5. The Kier molecular flexibility index (Phi) is 5.94. The number of rotatable bonds is 6. The van der Waals surface area contributed by atoms with Gasteiger partial charge in [0, 0.05) is 11.4 Å². The van der Waals surface area contributed by atoms with Crippen LogP contribution >= 0.6 is 0 Å². The zero-order valence-electron chi connectivity index (χ0n) is 13.4. The molecule has 2 aromatic carbocycles. The summed E-state index contributed by atoms with van der Waals surface area (Å²) in [6, 6.07) is 11.9. The van der Waals surface area contributed by atoms with Gasteiger partial charge in [0.1, 0.15) is 5.75 Å². The Morgan fingerprint density at radius 3 is 2.04 bits per heavy atom. The number of urea groups is 1. The maximum atomic E-state index is 11.9. The lowest BCUT2D eigenvalue weighted by Crippen LogP contribution is -2.21. The molecule has 2 rings (SSSR count). The molecule has 0 aliphatic heterocycles. The van der Waals surface area contributed by atoms with E-state index in [2.05, 4.69) is 10.6 Å². The second-order valence-electron chi connectivity index (χ2n) is 4.92. The van der Waals surface area contributed by atoms with E-state index in [9.17, 15) is 14.4 Å². The van der Waals surface area contributed by atoms with Crippen LogP contribution in [0.25, 0.3) is 0 Å². The maximum Gasteiger partial charge on any atom is 0.338 e. The van der Waals surface area contributed by atoms with E-state index in [4.69, 9.17) is 15.2 Å². The van der Waals surface area contributed by atoms with Crippen LogP contribution in [0.4, 0.5) is 16.2 Å². The van der Waals surface area contributed by atoms with Crippen LogP contribution in [0.1, 0.15) is 10.4 Å². The van der Waals surface area contributed by atoms with E-state index in [0.29, 0.717) is 17.1 Å². The van der Waals surface area contributed by atoms with Crippen molar-refractivity contribution in [2.45, 2.75) is 0 Å². The van der Waals surface area contributed by atoms with Gasteiger partial charge in [0.05, 0.1) is 12.7 Å². The van der Waals surface area contributed by atoms with Gasteiger partial charge in [-0.15, -0.1) is 0 Å². The molecule has 25 heavy (non-hydrogen) atoms. The maximum absolute atomic E-state index is 11.9. The molecule has 0 aliphatic rings. The molecule has 3 amide bonds. The molecule has 2 aromatic rings. The molecule has 0 fully saturated rings. The van der Waals surface area contributed by atoms with Crippen molar-refractivity contribution in [1.29, 1.82) is 0 Å². The van der Waals surface area contributed by atoms with Crippen LogP contribution in [0.2, 0.25) is 0 Å². The number of carbonyl (C=O) groups is 3. The van der Waals surface area contributed by atoms with Crippen LogP contribution in [0.3, 0.4) is 0 Å². The van der Waals surface area contributed by atoms with Crippen molar-refractivity contribution >= 4 is 29.3 Å². The quantitative estimate of drug-likeness (QED) is 0.693. The second kappa shape index (κ2) is 8.34. The van der Waals surface area contributed by atoms with Gasteiger partial charge in [0.2, 0.25) is 0 Å². The molecule has 8 nitrogen and oxygen atoms in total. The van der Waals surface area contributed by atoms with Crippen molar-refractivity contribution in [3.8, 4) is 5.75 Å². The minimum Gasteiger partial charge on any atom is -0.497 e. The van der Waals surface area contributed by atoms with Crippen LogP contribution < -0.4 is 21.1 Å². The molecule has 4 N–H and O–H groups in total.